The van der Waals surface area contributed by atoms with Crippen molar-refractivity contribution in [3.63, 3.8) is 0 Å². The zero-order valence-electron chi connectivity index (χ0n) is 5.70. The molecule has 0 heterocycles. The van der Waals surface area contributed by atoms with Crippen molar-refractivity contribution in [3.8, 4) is 6.07 Å². The number of nitriles is 1. The number of ether oxygens (including phenoxy) is 1. The fourth-order valence-corrected chi connectivity index (χ4v) is 0.408. The molecule has 0 amide bonds. The van der Waals surface area contributed by atoms with Gasteiger partial charge in [-0.15, -0.1) is 0 Å². The largest absolute Gasteiger partial charge is 0.464 e. The maximum Gasteiger partial charge on any atom is 0.336 e. The third kappa shape index (κ3) is 3.05. The second-order valence-electron chi connectivity index (χ2n) is 1.63. The van der Waals surface area contributed by atoms with Crippen LogP contribution < -0.4 is 0 Å². The summed E-state index contributed by atoms with van der Waals surface area (Å²) in [7, 11) is 0. The van der Waals surface area contributed by atoms with Gasteiger partial charge in [-0.1, -0.05) is 0 Å². The van der Waals surface area contributed by atoms with Gasteiger partial charge in [0.2, 0.25) is 0 Å². The van der Waals surface area contributed by atoms with Crippen LogP contribution in [0.5, 0.6) is 0 Å². The fraction of sp³-hybridized carbons (Fsp3) is 0.667. The van der Waals surface area contributed by atoms with Crippen LogP contribution in [0, 0.1) is 11.3 Å². The van der Waals surface area contributed by atoms with E-state index in [0.717, 1.165) is 0 Å². The second-order valence-corrected chi connectivity index (χ2v) is 1.63. The summed E-state index contributed by atoms with van der Waals surface area (Å²) in [5.74, 6) is -0.732. The monoisotopic (exact) mass is 143 g/mol. The summed E-state index contributed by atoms with van der Waals surface area (Å²) >= 11 is 0. The molecule has 56 valence electrons. The Balaban J connectivity index is 3.62. The number of aliphatic hydroxyl groups is 1. The van der Waals surface area contributed by atoms with Crippen LogP contribution in [-0.4, -0.2) is 23.8 Å². The van der Waals surface area contributed by atoms with E-state index in [0.29, 0.717) is 0 Å². The molecule has 0 aliphatic heterocycles. The van der Waals surface area contributed by atoms with Crippen molar-refractivity contribution in [3.05, 3.63) is 0 Å². The van der Waals surface area contributed by atoms with Crippen molar-refractivity contribution in [2.75, 3.05) is 6.61 Å². The van der Waals surface area contributed by atoms with E-state index in [-0.39, 0.29) is 13.0 Å². The molecule has 4 heteroatoms. The van der Waals surface area contributed by atoms with Crippen molar-refractivity contribution in [2.24, 2.45) is 0 Å². The Labute approximate surface area is 59.0 Å². The molecule has 0 aliphatic rings. The number of aliphatic hydroxyl groups excluding tert-OH is 1. The minimum Gasteiger partial charge on any atom is -0.464 e. The first-order chi connectivity index (χ1) is 4.72. The number of nitrogens with zero attached hydrogens (tertiary/aromatic N) is 1. The molecule has 1 N–H and O–H groups in total. The first-order valence-electron chi connectivity index (χ1n) is 2.94. The standard InChI is InChI=1S/C6H9NO3/c1-2-10-6(9)5(8)3-4-7/h5,8H,2-3H2,1H3. The van der Waals surface area contributed by atoms with Crippen molar-refractivity contribution in [1.82, 2.24) is 0 Å². The van der Waals surface area contributed by atoms with E-state index in [4.69, 9.17) is 10.4 Å². The molecule has 1 atom stereocenters. The zero-order valence-corrected chi connectivity index (χ0v) is 5.70. The lowest BCUT2D eigenvalue weighted by Gasteiger charge is -2.03. The lowest BCUT2D eigenvalue weighted by molar-refractivity contribution is -0.152. The third-order valence-corrected chi connectivity index (χ3v) is 0.843. The molecule has 0 fully saturated rings. The van der Waals surface area contributed by atoms with Crippen LogP contribution in [0.1, 0.15) is 13.3 Å². The summed E-state index contributed by atoms with van der Waals surface area (Å²) in [5.41, 5.74) is 0. The number of rotatable bonds is 3. The van der Waals surface area contributed by atoms with Gasteiger partial charge in [0.15, 0.2) is 6.10 Å². The molecule has 0 saturated carbocycles. The van der Waals surface area contributed by atoms with E-state index in [1.165, 1.54) is 0 Å². The van der Waals surface area contributed by atoms with Gasteiger partial charge in [0.1, 0.15) is 0 Å². The first kappa shape index (κ1) is 8.92. The molecular formula is C6H9NO3. The van der Waals surface area contributed by atoms with Crippen LogP contribution in [0.25, 0.3) is 0 Å². The molecule has 0 saturated heterocycles. The molecule has 0 aromatic heterocycles. The van der Waals surface area contributed by atoms with Gasteiger partial charge in [-0.2, -0.15) is 5.26 Å². The topological polar surface area (TPSA) is 70.3 Å². The van der Waals surface area contributed by atoms with Crippen LogP contribution in [-0.2, 0) is 9.53 Å². The normalized spacial score (nSPS) is 11.7. The molecule has 0 aromatic rings. The Morgan fingerprint density at radius 3 is 2.90 bits per heavy atom. The highest BCUT2D eigenvalue weighted by Crippen LogP contribution is 1.92. The lowest BCUT2D eigenvalue weighted by Crippen LogP contribution is -2.22. The van der Waals surface area contributed by atoms with Crippen molar-refractivity contribution in [1.29, 1.82) is 5.26 Å². The summed E-state index contributed by atoms with van der Waals surface area (Å²) in [4.78, 5) is 10.5. The first-order valence-corrected chi connectivity index (χ1v) is 2.94. The number of hydrogen-bond donors (Lipinski definition) is 1. The molecule has 1 unspecified atom stereocenters. The molecule has 0 rings (SSSR count). The summed E-state index contributed by atoms with van der Waals surface area (Å²) in [6.07, 6.45) is -1.50. The highest BCUT2D eigenvalue weighted by Gasteiger charge is 2.14. The van der Waals surface area contributed by atoms with Crippen molar-refractivity contribution >= 4 is 5.97 Å². The number of carbonyl (C=O) groups is 1. The molecule has 0 aliphatic carbocycles. The van der Waals surface area contributed by atoms with Gasteiger partial charge in [0.25, 0.3) is 0 Å². The minimum absolute atomic E-state index is 0.209. The molecule has 0 aromatic carbocycles. The second kappa shape index (κ2) is 4.77. The summed E-state index contributed by atoms with van der Waals surface area (Å²) in [6, 6.07) is 1.66. The zero-order chi connectivity index (χ0) is 7.98. The van der Waals surface area contributed by atoms with Gasteiger partial charge in [-0.25, -0.2) is 4.79 Å². The maximum atomic E-state index is 10.5. The van der Waals surface area contributed by atoms with Crippen LogP contribution >= 0.6 is 0 Å². The number of carbonyl (C=O) groups excluding carboxylic acids is 1. The molecular weight excluding hydrogens is 134 g/mol. The SMILES string of the molecule is CCOC(=O)C(O)CC#N. The number of hydrogen-bond acceptors (Lipinski definition) is 4. The van der Waals surface area contributed by atoms with E-state index in [9.17, 15) is 4.79 Å². The van der Waals surface area contributed by atoms with Crippen molar-refractivity contribution in [2.45, 2.75) is 19.4 Å². The van der Waals surface area contributed by atoms with Gasteiger partial charge >= 0.3 is 5.97 Å². The highest BCUT2D eigenvalue weighted by atomic mass is 16.5. The quantitative estimate of drug-likeness (QED) is 0.556. The van der Waals surface area contributed by atoms with E-state index in [1.54, 1.807) is 13.0 Å². The molecule has 4 nitrogen and oxygen atoms in total. The van der Waals surface area contributed by atoms with Crippen LogP contribution in [0.2, 0.25) is 0 Å². The van der Waals surface area contributed by atoms with E-state index < -0.39 is 12.1 Å². The maximum absolute atomic E-state index is 10.5. The summed E-state index contributed by atoms with van der Waals surface area (Å²) in [6.45, 7) is 1.86. The number of esters is 1. The Morgan fingerprint density at radius 1 is 1.90 bits per heavy atom. The van der Waals surface area contributed by atoms with Gasteiger partial charge in [0, 0.05) is 0 Å². The van der Waals surface area contributed by atoms with Crippen LogP contribution in [0.3, 0.4) is 0 Å². The summed E-state index contributed by atoms with van der Waals surface area (Å²) < 4.78 is 4.42. The van der Waals surface area contributed by atoms with Crippen LogP contribution in [0.15, 0.2) is 0 Å². The Hall–Kier alpha value is -1.08. The van der Waals surface area contributed by atoms with Crippen LogP contribution in [0.4, 0.5) is 0 Å². The smallest absolute Gasteiger partial charge is 0.336 e. The predicted octanol–water partition coefficient (Wildman–Crippen LogP) is -0.176. The Bertz CT molecular complexity index is 150. The molecule has 10 heavy (non-hydrogen) atoms. The minimum atomic E-state index is -1.29. The Morgan fingerprint density at radius 2 is 2.50 bits per heavy atom. The van der Waals surface area contributed by atoms with Crippen molar-refractivity contribution < 1.29 is 14.6 Å². The summed E-state index contributed by atoms with van der Waals surface area (Å²) in [5, 5.41) is 16.8. The van der Waals surface area contributed by atoms with E-state index in [2.05, 4.69) is 4.74 Å². The van der Waals surface area contributed by atoms with Gasteiger partial charge in [-0.05, 0) is 6.92 Å². The average molecular weight is 143 g/mol. The van der Waals surface area contributed by atoms with Gasteiger partial charge < -0.3 is 9.84 Å². The molecule has 0 bridgehead atoms. The Kier molecular flexibility index (Phi) is 4.25. The van der Waals surface area contributed by atoms with E-state index >= 15 is 0 Å². The fourth-order valence-electron chi connectivity index (χ4n) is 0.408. The van der Waals surface area contributed by atoms with Gasteiger partial charge in [-0.3, -0.25) is 0 Å². The lowest BCUT2D eigenvalue weighted by atomic mass is 10.3. The third-order valence-electron chi connectivity index (χ3n) is 0.843. The predicted molar refractivity (Wildman–Crippen MR) is 32.9 cm³/mol. The highest BCUT2D eigenvalue weighted by molar-refractivity contribution is 5.74. The molecule has 0 radical (unpaired) electrons. The average Bonchev–Trinajstić information content (AvgIpc) is 1.89. The molecule has 0 spiro atoms. The van der Waals surface area contributed by atoms with Gasteiger partial charge in [0.05, 0.1) is 19.1 Å². The van der Waals surface area contributed by atoms with E-state index in [1.807, 2.05) is 0 Å².